The normalized spacial score (nSPS) is 17.2. The third-order valence-electron chi connectivity index (χ3n) is 3.78. The molecule has 0 radical (unpaired) electrons. The third kappa shape index (κ3) is 3.31. The molecule has 0 unspecified atom stereocenters. The highest BCUT2D eigenvalue weighted by molar-refractivity contribution is 6.77. The van der Waals surface area contributed by atoms with Crippen LogP contribution in [-0.2, 0) is 4.43 Å². The lowest BCUT2D eigenvalue weighted by Gasteiger charge is -2.44. The molecule has 0 saturated heterocycles. The fourth-order valence-electron chi connectivity index (χ4n) is 2.83. The first-order valence-corrected chi connectivity index (χ1v) is 8.66. The van der Waals surface area contributed by atoms with Crippen molar-refractivity contribution in [1.29, 1.82) is 0 Å². The minimum absolute atomic E-state index is 0.0566. The molecule has 0 aliphatic rings. The van der Waals surface area contributed by atoms with Crippen molar-refractivity contribution in [3.63, 3.8) is 0 Å². The van der Waals surface area contributed by atoms with E-state index in [0.29, 0.717) is 16.6 Å². The predicted molar refractivity (Wildman–Crippen MR) is 73.3 cm³/mol. The highest BCUT2D eigenvalue weighted by Crippen LogP contribution is 2.43. The van der Waals surface area contributed by atoms with Crippen molar-refractivity contribution in [2.75, 3.05) is 0 Å². The molecule has 0 amide bonds. The quantitative estimate of drug-likeness (QED) is 0.719. The van der Waals surface area contributed by atoms with Gasteiger partial charge in [-0.2, -0.15) is 0 Å². The standard InChI is InChI=1S/C13H30O2Si/c1-9(2)16(10(3)4,11(5)6)15-13(8)12(7)14/h9-14H,1-8H3/t12-,13-/m0/s1. The average Bonchev–Trinajstić information content (AvgIpc) is 2.11. The number of aliphatic hydroxyl groups excluding tert-OH is 1. The second kappa shape index (κ2) is 6.17. The van der Waals surface area contributed by atoms with Gasteiger partial charge >= 0.3 is 0 Å². The summed E-state index contributed by atoms with van der Waals surface area (Å²) in [4.78, 5) is 0. The highest BCUT2D eigenvalue weighted by Gasteiger charge is 2.46. The summed E-state index contributed by atoms with van der Waals surface area (Å²) in [6.07, 6.45) is -0.443. The van der Waals surface area contributed by atoms with Gasteiger partial charge in [0.15, 0.2) is 0 Å². The minimum Gasteiger partial charge on any atom is -0.411 e. The lowest BCUT2D eigenvalue weighted by molar-refractivity contribution is 0.0484. The zero-order chi connectivity index (χ0) is 13.1. The molecule has 0 heterocycles. The number of rotatable bonds is 6. The van der Waals surface area contributed by atoms with Crippen LogP contribution in [0.1, 0.15) is 55.4 Å². The molecule has 0 aromatic carbocycles. The monoisotopic (exact) mass is 246 g/mol. The van der Waals surface area contributed by atoms with Crippen LogP contribution in [0, 0.1) is 0 Å². The Balaban J connectivity index is 5.05. The van der Waals surface area contributed by atoms with Gasteiger partial charge in [0.05, 0.1) is 12.2 Å². The molecule has 2 nitrogen and oxygen atoms in total. The molecule has 0 rings (SSSR count). The molecule has 0 bridgehead atoms. The van der Waals surface area contributed by atoms with Gasteiger partial charge in [-0.05, 0) is 30.5 Å². The summed E-state index contributed by atoms with van der Waals surface area (Å²) in [5.74, 6) is 0. The molecule has 0 aromatic heterocycles. The maximum Gasteiger partial charge on any atom is 0.200 e. The average molecular weight is 246 g/mol. The summed E-state index contributed by atoms with van der Waals surface area (Å²) in [7, 11) is -1.81. The van der Waals surface area contributed by atoms with Crippen LogP contribution in [0.4, 0.5) is 0 Å². The van der Waals surface area contributed by atoms with E-state index < -0.39 is 8.32 Å². The van der Waals surface area contributed by atoms with Crippen molar-refractivity contribution in [1.82, 2.24) is 0 Å². The molecule has 0 fully saturated rings. The summed E-state index contributed by atoms with van der Waals surface area (Å²) in [6.45, 7) is 17.4. The van der Waals surface area contributed by atoms with Gasteiger partial charge in [0.2, 0.25) is 8.32 Å². The molecule has 98 valence electrons. The van der Waals surface area contributed by atoms with Crippen molar-refractivity contribution >= 4 is 8.32 Å². The molecule has 0 aliphatic heterocycles. The number of aliphatic hydroxyl groups is 1. The van der Waals surface area contributed by atoms with E-state index in [4.69, 9.17) is 4.43 Å². The van der Waals surface area contributed by atoms with Crippen LogP contribution in [0.5, 0.6) is 0 Å². The summed E-state index contributed by atoms with van der Waals surface area (Å²) < 4.78 is 6.37. The van der Waals surface area contributed by atoms with Gasteiger partial charge in [0, 0.05) is 0 Å². The second-order valence-electron chi connectivity index (χ2n) is 5.88. The third-order valence-corrected chi connectivity index (χ3v) is 9.97. The molecule has 0 aliphatic carbocycles. The zero-order valence-electron chi connectivity index (χ0n) is 12.2. The van der Waals surface area contributed by atoms with Crippen molar-refractivity contribution in [3.05, 3.63) is 0 Å². The Morgan fingerprint density at radius 2 is 1.06 bits per heavy atom. The Morgan fingerprint density at radius 1 is 0.750 bits per heavy atom. The van der Waals surface area contributed by atoms with Crippen molar-refractivity contribution in [3.8, 4) is 0 Å². The van der Waals surface area contributed by atoms with Crippen molar-refractivity contribution in [2.45, 2.75) is 84.2 Å². The van der Waals surface area contributed by atoms with Gasteiger partial charge in [-0.3, -0.25) is 0 Å². The first kappa shape index (κ1) is 16.1. The lowest BCUT2D eigenvalue weighted by atomic mass is 10.3. The molecular formula is C13H30O2Si. The van der Waals surface area contributed by atoms with Gasteiger partial charge in [-0.15, -0.1) is 0 Å². The predicted octanol–water partition coefficient (Wildman–Crippen LogP) is 3.95. The molecular weight excluding hydrogens is 216 g/mol. The molecule has 1 N–H and O–H groups in total. The van der Waals surface area contributed by atoms with E-state index in [0.717, 1.165) is 0 Å². The van der Waals surface area contributed by atoms with E-state index in [-0.39, 0.29) is 12.2 Å². The summed E-state index contributed by atoms with van der Waals surface area (Å²) in [5.41, 5.74) is 1.73. The van der Waals surface area contributed by atoms with Gasteiger partial charge < -0.3 is 9.53 Å². The molecule has 2 atom stereocenters. The van der Waals surface area contributed by atoms with Gasteiger partial charge in [-0.1, -0.05) is 41.5 Å². The van der Waals surface area contributed by atoms with Gasteiger partial charge in [-0.25, -0.2) is 0 Å². The highest BCUT2D eigenvalue weighted by atomic mass is 28.4. The van der Waals surface area contributed by atoms with Crippen LogP contribution in [0.3, 0.4) is 0 Å². The fourth-order valence-corrected chi connectivity index (χ4v) is 8.49. The summed E-state index contributed by atoms with van der Waals surface area (Å²) >= 11 is 0. The molecule has 0 aromatic rings. The molecule has 16 heavy (non-hydrogen) atoms. The van der Waals surface area contributed by atoms with Crippen LogP contribution in [0.15, 0.2) is 0 Å². The number of hydrogen-bond acceptors (Lipinski definition) is 2. The number of hydrogen-bond donors (Lipinski definition) is 1. The lowest BCUT2D eigenvalue weighted by Crippen LogP contribution is -2.51. The minimum atomic E-state index is -1.81. The fraction of sp³-hybridized carbons (Fsp3) is 1.00. The van der Waals surface area contributed by atoms with E-state index >= 15 is 0 Å². The Hall–Kier alpha value is 0.137. The Labute approximate surface area is 103 Å². The van der Waals surface area contributed by atoms with Gasteiger partial charge in [0.25, 0.3) is 0 Å². The van der Waals surface area contributed by atoms with E-state index in [1.165, 1.54) is 0 Å². The maximum absolute atomic E-state index is 9.63. The van der Waals surface area contributed by atoms with Crippen LogP contribution in [0.2, 0.25) is 16.6 Å². The van der Waals surface area contributed by atoms with E-state index in [9.17, 15) is 5.11 Å². The summed E-state index contributed by atoms with van der Waals surface area (Å²) in [6, 6.07) is 0. The summed E-state index contributed by atoms with van der Waals surface area (Å²) in [5, 5.41) is 9.63. The molecule has 3 heteroatoms. The van der Waals surface area contributed by atoms with Crippen LogP contribution < -0.4 is 0 Å². The molecule has 0 saturated carbocycles. The second-order valence-corrected chi connectivity index (χ2v) is 11.3. The Kier molecular flexibility index (Phi) is 6.23. The van der Waals surface area contributed by atoms with E-state index in [1.54, 1.807) is 0 Å². The SMILES string of the molecule is CC(C)[Si](O[C@@H](C)[C@H](C)O)(C(C)C)C(C)C. The largest absolute Gasteiger partial charge is 0.411 e. The van der Waals surface area contributed by atoms with Crippen LogP contribution >= 0.6 is 0 Å². The van der Waals surface area contributed by atoms with E-state index in [1.807, 2.05) is 13.8 Å². The smallest absolute Gasteiger partial charge is 0.200 e. The van der Waals surface area contributed by atoms with Crippen LogP contribution in [0.25, 0.3) is 0 Å². The van der Waals surface area contributed by atoms with E-state index in [2.05, 4.69) is 41.5 Å². The maximum atomic E-state index is 9.63. The van der Waals surface area contributed by atoms with Crippen molar-refractivity contribution < 1.29 is 9.53 Å². The van der Waals surface area contributed by atoms with Gasteiger partial charge in [0.1, 0.15) is 0 Å². The van der Waals surface area contributed by atoms with Crippen molar-refractivity contribution in [2.24, 2.45) is 0 Å². The first-order chi connectivity index (χ1) is 7.16. The Bertz CT molecular complexity index is 178. The zero-order valence-corrected chi connectivity index (χ0v) is 13.2. The molecule has 0 spiro atoms. The Morgan fingerprint density at radius 3 is 1.25 bits per heavy atom. The topological polar surface area (TPSA) is 29.5 Å². The van der Waals surface area contributed by atoms with Crippen LogP contribution in [-0.4, -0.2) is 25.6 Å². The first-order valence-electron chi connectivity index (χ1n) is 6.52.